The molecule has 1 aromatic carbocycles. The number of carbonyl (C=O) groups excluding carboxylic acids is 1. The number of amides is 1. The molecule has 1 fully saturated rings. The Balaban J connectivity index is 1.67. The second-order valence-electron chi connectivity index (χ2n) is 5.35. The molecule has 0 aromatic heterocycles. The van der Waals surface area contributed by atoms with E-state index in [-0.39, 0.29) is 11.3 Å². The Morgan fingerprint density at radius 3 is 2.68 bits per heavy atom. The average Bonchev–Trinajstić information content (AvgIpc) is 2.45. The lowest BCUT2D eigenvalue weighted by Crippen LogP contribution is -2.34. The van der Waals surface area contributed by atoms with Crippen LogP contribution in [0.2, 0.25) is 0 Å². The molecule has 0 heterocycles. The lowest BCUT2D eigenvalue weighted by atomic mass is 9.88. The van der Waals surface area contributed by atoms with E-state index in [1.165, 1.54) is 18.4 Å². The first-order chi connectivity index (χ1) is 9.25. The number of hydrogen-bond acceptors (Lipinski definition) is 1. The van der Waals surface area contributed by atoms with Gasteiger partial charge in [-0.05, 0) is 30.7 Å². The molecule has 2 unspecified atom stereocenters. The minimum Gasteiger partial charge on any atom is -0.356 e. The van der Waals surface area contributed by atoms with Crippen LogP contribution in [-0.2, 0) is 11.2 Å². The van der Waals surface area contributed by atoms with Crippen molar-refractivity contribution in [2.75, 3.05) is 6.54 Å². The van der Waals surface area contributed by atoms with E-state index < -0.39 is 0 Å². The maximum Gasteiger partial charge on any atom is 0.220 e. The Kier molecular flexibility index (Phi) is 5.71. The highest BCUT2D eigenvalue weighted by atomic mass is 35.5. The van der Waals surface area contributed by atoms with Gasteiger partial charge in [-0.25, -0.2) is 0 Å². The van der Waals surface area contributed by atoms with Crippen molar-refractivity contribution in [3.8, 4) is 0 Å². The van der Waals surface area contributed by atoms with Crippen LogP contribution in [0.4, 0.5) is 0 Å². The van der Waals surface area contributed by atoms with Gasteiger partial charge in [-0.3, -0.25) is 4.79 Å². The van der Waals surface area contributed by atoms with E-state index in [1.54, 1.807) is 0 Å². The predicted molar refractivity (Wildman–Crippen MR) is 79.4 cm³/mol. The summed E-state index contributed by atoms with van der Waals surface area (Å²) in [6.07, 6.45) is 6.07. The molecule has 0 bridgehead atoms. The molecule has 0 saturated heterocycles. The number of aryl methyl sites for hydroxylation is 1. The molecule has 2 rings (SSSR count). The maximum absolute atomic E-state index is 11.8. The van der Waals surface area contributed by atoms with Gasteiger partial charge >= 0.3 is 0 Å². The van der Waals surface area contributed by atoms with Crippen LogP contribution < -0.4 is 5.32 Å². The number of rotatable bonds is 5. The van der Waals surface area contributed by atoms with Gasteiger partial charge in [0.15, 0.2) is 0 Å². The van der Waals surface area contributed by atoms with Crippen LogP contribution in [0.5, 0.6) is 0 Å². The largest absolute Gasteiger partial charge is 0.356 e. The smallest absolute Gasteiger partial charge is 0.220 e. The Morgan fingerprint density at radius 1 is 1.21 bits per heavy atom. The first-order valence-corrected chi connectivity index (χ1v) is 7.64. The molecule has 3 heteroatoms. The Labute approximate surface area is 120 Å². The molecule has 1 aromatic rings. The van der Waals surface area contributed by atoms with E-state index in [0.29, 0.717) is 12.3 Å². The third-order valence-electron chi connectivity index (χ3n) is 3.86. The van der Waals surface area contributed by atoms with Gasteiger partial charge in [-0.1, -0.05) is 43.2 Å². The summed E-state index contributed by atoms with van der Waals surface area (Å²) < 4.78 is 0. The van der Waals surface area contributed by atoms with E-state index in [1.807, 2.05) is 18.2 Å². The molecule has 19 heavy (non-hydrogen) atoms. The third-order valence-corrected chi connectivity index (χ3v) is 4.44. The van der Waals surface area contributed by atoms with Gasteiger partial charge in [0, 0.05) is 18.3 Å². The van der Waals surface area contributed by atoms with Gasteiger partial charge in [-0.15, -0.1) is 11.6 Å². The van der Waals surface area contributed by atoms with Crippen molar-refractivity contribution in [1.82, 2.24) is 5.32 Å². The Hall–Kier alpha value is -1.02. The lowest BCUT2D eigenvalue weighted by Gasteiger charge is -2.27. The molecule has 1 amide bonds. The molecular weight excluding hydrogens is 258 g/mol. The zero-order chi connectivity index (χ0) is 13.5. The van der Waals surface area contributed by atoms with Gasteiger partial charge in [0.2, 0.25) is 5.91 Å². The highest BCUT2D eigenvalue weighted by molar-refractivity contribution is 6.20. The standard InChI is InChI=1S/C16H22ClNO/c17-15-9-5-4-8-14(15)12-18-16(19)11-10-13-6-2-1-3-7-13/h1-3,6-7,14-15H,4-5,8-12H2,(H,18,19). The van der Waals surface area contributed by atoms with Crippen LogP contribution in [0.1, 0.15) is 37.7 Å². The van der Waals surface area contributed by atoms with Crippen LogP contribution in [0.3, 0.4) is 0 Å². The maximum atomic E-state index is 11.8. The second-order valence-corrected chi connectivity index (χ2v) is 5.91. The zero-order valence-electron chi connectivity index (χ0n) is 11.3. The van der Waals surface area contributed by atoms with Crippen LogP contribution in [0, 0.1) is 5.92 Å². The molecular formula is C16H22ClNO. The molecule has 1 saturated carbocycles. The summed E-state index contributed by atoms with van der Waals surface area (Å²) >= 11 is 6.29. The molecule has 1 N–H and O–H groups in total. The van der Waals surface area contributed by atoms with Crippen LogP contribution in [0.15, 0.2) is 30.3 Å². The SMILES string of the molecule is O=C(CCc1ccccc1)NCC1CCCCC1Cl. The molecule has 1 aliphatic rings. The van der Waals surface area contributed by atoms with E-state index in [2.05, 4.69) is 17.4 Å². The number of nitrogens with one attached hydrogen (secondary N) is 1. The van der Waals surface area contributed by atoms with E-state index >= 15 is 0 Å². The summed E-state index contributed by atoms with van der Waals surface area (Å²) in [4.78, 5) is 11.8. The van der Waals surface area contributed by atoms with Gasteiger partial charge in [0.05, 0.1) is 0 Å². The Morgan fingerprint density at radius 2 is 1.95 bits per heavy atom. The van der Waals surface area contributed by atoms with Crippen LogP contribution in [0.25, 0.3) is 0 Å². The summed E-state index contributed by atoms with van der Waals surface area (Å²) in [5.74, 6) is 0.592. The number of alkyl halides is 1. The molecule has 0 radical (unpaired) electrons. The van der Waals surface area contributed by atoms with E-state index in [4.69, 9.17) is 11.6 Å². The highest BCUT2D eigenvalue weighted by Crippen LogP contribution is 2.27. The minimum atomic E-state index is 0.137. The summed E-state index contributed by atoms with van der Waals surface area (Å²) in [5.41, 5.74) is 1.21. The van der Waals surface area contributed by atoms with Crippen molar-refractivity contribution in [3.05, 3.63) is 35.9 Å². The third kappa shape index (κ3) is 4.87. The monoisotopic (exact) mass is 279 g/mol. The van der Waals surface area contributed by atoms with Crippen molar-refractivity contribution in [2.45, 2.75) is 43.9 Å². The first-order valence-electron chi connectivity index (χ1n) is 7.20. The molecule has 0 spiro atoms. The number of benzene rings is 1. The fraction of sp³-hybridized carbons (Fsp3) is 0.562. The Bertz CT molecular complexity index is 393. The van der Waals surface area contributed by atoms with Crippen molar-refractivity contribution in [1.29, 1.82) is 0 Å². The molecule has 104 valence electrons. The number of carbonyl (C=O) groups is 1. The summed E-state index contributed by atoms with van der Waals surface area (Å²) in [6, 6.07) is 10.1. The molecule has 1 aliphatic carbocycles. The molecule has 0 aliphatic heterocycles. The molecule has 2 atom stereocenters. The van der Waals surface area contributed by atoms with Crippen molar-refractivity contribution in [2.24, 2.45) is 5.92 Å². The summed E-state index contributed by atoms with van der Waals surface area (Å²) in [6.45, 7) is 0.738. The van der Waals surface area contributed by atoms with E-state index in [0.717, 1.165) is 25.8 Å². The van der Waals surface area contributed by atoms with Gasteiger partial charge in [-0.2, -0.15) is 0 Å². The number of hydrogen-bond donors (Lipinski definition) is 1. The van der Waals surface area contributed by atoms with Gasteiger partial charge < -0.3 is 5.32 Å². The average molecular weight is 280 g/mol. The fourth-order valence-electron chi connectivity index (χ4n) is 2.63. The van der Waals surface area contributed by atoms with Crippen molar-refractivity contribution < 1.29 is 4.79 Å². The summed E-state index contributed by atoms with van der Waals surface area (Å²) in [5, 5.41) is 3.27. The summed E-state index contributed by atoms with van der Waals surface area (Å²) in [7, 11) is 0. The normalized spacial score (nSPS) is 23.0. The number of halogens is 1. The predicted octanol–water partition coefficient (Wildman–Crippen LogP) is 3.53. The van der Waals surface area contributed by atoms with Crippen LogP contribution in [-0.4, -0.2) is 17.8 Å². The van der Waals surface area contributed by atoms with Crippen molar-refractivity contribution in [3.63, 3.8) is 0 Å². The van der Waals surface area contributed by atoms with Gasteiger partial charge in [0.25, 0.3) is 0 Å². The van der Waals surface area contributed by atoms with Crippen molar-refractivity contribution >= 4 is 17.5 Å². The quantitative estimate of drug-likeness (QED) is 0.821. The van der Waals surface area contributed by atoms with Gasteiger partial charge in [0.1, 0.15) is 0 Å². The molecule has 2 nitrogen and oxygen atoms in total. The minimum absolute atomic E-state index is 0.137. The van der Waals surface area contributed by atoms with Crippen LogP contribution >= 0.6 is 11.6 Å². The first kappa shape index (κ1) is 14.4. The fourth-order valence-corrected chi connectivity index (χ4v) is 3.00. The second kappa shape index (κ2) is 7.54. The zero-order valence-corrected chi connectivity index (χ0v) is 12.0. The highest BCUT2D eigenvalue weighted by Gasteiger charge is 2.23. The topological polar surface area (TPSA) is 29.1 Å². The van der Waals surface area contributed by atoms with E-state index in [9.17, 15) is 4.79 Å². The lowest BCUT2D eigenvalue weighted by molar-refractivity contribution is -0.121.